The van der Waals surface area contributed by atoms with E-state index in [1.54, 1.807) is 24.3 Å². The van der Waals surface area contributed by atoms with Crippen LogP contribution in [0, 0.1) is 0 Å². The molecule has 0 aliphatic rings. The fourth-order valence-corrected chi connectivity index (χ4v) is 2.01. The molecule has 0 atom stereocenters. The monoisotopic (exact) mass is 301 g/mol. The standard InChI is InChI=1S/C17H16ClNO2/c1-2-21-16-9-4-3-8-15(16)19-17(20)11-10-13-6-5-7-14(18)12-13/h3-12H,2H2,1H3,(H,19,20)/b11-10+. The van der Waals surface area contributed by atoms with Gasteiger partial charge in [0.2, 0.25) is 5.91 Å². The number of hydrogen-bond donors (Lipinski definition) is 1. The highest BCUT2D eigenvalue weighted by Gasteiger charge is 2.04. The zero-order valence-corrected chi connectivity index (χ0v) is 12.4. The number of carbonyl (C=O) groups is 1. The number of para-hydroxylation sites is 2. The SMILES string of the molecule is CCOc1ccccc1NC(=O)/C=C/c1cccc(Cl)c1. The zero-order chi connectivity index (χ0) is 15.1. The number of ether oxygens (including phenoxy) is 1. The number of benzene rings is 2. The van der Waals surface area contributed by atoms with E-state index in [-0.39, 0.29) is 5.91 Å². The summed E-state index contributed by atoms with van der Waals surface area (Å²) in [5, 5.41) is 3.43. The van der Waals surface area contributed by atoms with Crippen LogP contribution in [-0.2, 0) is 4.79 Å². The number of amides is 1. The van der Waals surface area contributed by atoms with Crippen molar-refractivity contribution in [2.75, 3.05) is 11.9 Å². The first-order valence-corrected chi connectivity index (χ1v) is 7.03. The van der Waals surface area contributed by atoms with Gasteiger partial charge in [-0.05, 0) is 42.8 Å². The first-order valence-electron chi connectivity index (χ1n) is 6.65. The normalized spacial score (nSPS) is 10.6. The van der Waals surface area contributed by atoms with Crippen LogP contribution in [0.5, 0.6) is 5.75 Å². The average Bonchev–Trinajstić information content (AvgIpc) is 2.48. The Morgan fingerprint density at radius 2 is 2.05 bits per heavy atom. The molecule has 0 aliphatic heterocycles. The van der Waals surface area contributed by atoms with Gasteiger partial charge in [-0.2, -0.15) is 0 Å². The number of anilines is 1. The molecule has 0 radical (unpaired) electrons. The zero-order valence-electron chi connectivity index (χ0n) is 11.7. The Bertz CT molecular complexity index is 653. The van der Waals surface area contributed by atoms with Crippen LogP contribution in [0.25, 0.3) is 6.08 Å². The minimum Gasteiger partial charge on any atom is -0.492 e. The molecule has 0 aromatic heterocycles. The lowest BCUT2D eigenvalue weighted by Gasteiger charge is -2.09. The first-order chi connectivity index (χ1) is 10.2. The second-order valence-corrected chi connectivity index (χ2v) is 4.74. The van der Waals surface area contributed by atoms with Crippen LogP contribution in [0.2, 0.25) is 5.02 Å². The topological polar surface area (TPSA) is 38.3 Å². The van der Waals surface area contributed by atoms with Gasteiger partial charge in [0.05, 0.1) is 12.3 Å². The molecule has 21 heavy (non-hydrogen) atoms. The van der Waals surface area contributed by atoms with E-state index in [4.69, 9.17) is 16.3 Å². The smallest absolute Gasteiger partial charge is 0.248 e. The highest BCUT2D eigenvalue weighted by Crippen LogP contribution is 2.23. The number of carbonyl (C=O) groups excluding carboxylic acids is 1. The van der Waals surface area contributed by atoms with Gasteiger partial charge < -0.3 is 10.1 Å². The molecule has 0 saturated carbocycles. The molecule has 1 N–H and O–H groups in total. The van der Waals surface area contributed by atoms with Crippen molar-refractivity contribution < 1.29 is 9.53 Å². The summed E-state index contributed by atoms with van der Waals surface area (Å²) < 4.78 is 5.46. The molecule has 1 amide bonds. The van der Waals surface area contributed by atoms with Crippen molar-refractivity contribution in [3.63, 3.8) is 0 Å². The third-order valence-electron chi connectivity index (χ3n) is 2.72. The summed E-state index contributed by atoms with van der Waals surface area (Å²) in [5.41, 5.74) is 1.52. The van der Waals surface area contributed by atoms with Crippen molar-refractivity contribution in [2.45, 2.75) is 6.92 Å². The number of rotatable bonds is 5. The molecular weight excluding hydrogens is 286 g/mol. The van der Waals surface area contributed by atoms with Crippen molar-refractivity contribution >= 4 is 29.3 Å². The van der Waals surface area contributed by atoms with E-state index in [0.29, 0.717) is 23.1 Å². The van der Waals surface area contributed by atoms with E-state index in [9.17, 15) is 4.79 Å². The fourth-order valence-electron chi connectivity index (χ4n) is 1.81. The third kappa shape index (κ3) is 4.65. The van der Waals surface area contributed by atoms with E-state index in [1.165, 1.54) is 6.08 Å². The van der Waals surface area contributed by atoms with Crippen molar-refractivity contribution in [1.82, 2.24) is 0 Å². The highest BCUT2D eigenvalue weighted by atomic mass is 35.5. The van der Waals surface area contributed by atoms with E-state index in [2.05, 4.69) is 5.32 Å². The molecule has 0 bridgehead atoms. The molecule has 0 spiro atoms. The first kappa shape index (κ1) is 15.1. The molecule has 2 aromatic carbocycles. The van der Waals surface area contributed by atoms with Crippen molar-refractivity contribution in [3.05, 3.63) is 65.2 Å². The van der Waals surface area contributed by atoms with E-state index < -0.39 is 0 Å². The second kappa shape index (κ2) is 7.50. The van der Waals surface area contributed by atoms with Gasteiger partial charge in [0.25, 0.3) is 0 Å². The Kier molecular flexibility index (Phi) is 5.41. The Hall–Kier alpha value is -2.26. The Morgan fingerprint density at radius 1 is 1.24 bits per heavy atom. The van der Waals surface area contributed by atoms with E-state index >= 15 is 0 Å². The van der Waals surface area contributed by atoms with Gasteiger partial charge in [0, 0.05) is 11.1 Å². The lowest BCUT2D eigenvalue weighted by molar-refractivity contribution is -0.111. The van der Waals surface area contributed by atoms with Crippen LogP contribution in [0.4, 0.5) is 5.69 Å². The lowest BCUT2D eigenvalue weighted by Crippen LogP contribution is -2.09. The van der Waals surface area contributed by atoms with Crippen molar-refractivity contribution in [3.8, 4) is 5.75 Å². The molecule has 4 heteroatoms. The summed E-state index contributed by atoms with van der Waals surface area (Å²) in [5.74, 6) is 0.437. The molecule has 0 heterocycles. The molecule has 2 aromatic rings. The molecule has 0 aliphatic carbocycles. The minimum absolute atomic E-state index is 0.220. The second-order valence-electron chi connectivity index (χ2n) is 4.31. The summed E-state index contributed by atoms with van der Waals surface area (Å²) in [6.45, 7) is 2.45. The van der Waals surface area contributed by atoms with Crippen LogP contribution in [-0.4, -0.2) is 12.5 Å². The fraction of sp³-hybridized carbons (Fsp3) is 0.118. The van der Waals surface area contributed by atoms with Gasteiger partial charge in [-0.3, -0.25) is 4.79 Å². The quantitative estimate of drug-likeness (QED) is 0.832. The van der Waals surface area contributed by atoms with Gasteiger partial charge in [-0.25, -0.2) is 0 Å². The maximum absolute atomic E-state index is 11.9. The Labute approximate surface area is 129 Å². The number of hydrogen-bond acceptors (Lipinski definition) is 2. The maximum Gasteiger partial charge on any atom is 0.248 e. The summed E-state index contributed by atoms with van der Waals surface area (Å²) in [6, 6.07) is 14.6. The minimum atomic E-state index is -0.220. The van der Waals surface area contributed by atoms with Gasteiger partial charge in [0.15, 0.2) is 0 Å². The third-order valence-corrected chi connectivity index (χ3v) is 2.96. The van der Waals surface area contributed by atoms with Crippen LogP contribution >= 0.6 is 11.6 Å². The molecular formula is C17H16ClNO2. The van der Waals surface area contributed by atoms with Crippen LogP contribution in [0.1, 0.15) is 12.5 Å². The molecule has 0 fully saturated rings. The number of nitrogens with one attached hydrogen (secondary N) is 1. The van der Waals surface area contributed by atoms with Gasteiger partial charge in [-0.15, -0.1) is 0 Å². The Morgan fingerprint density at radius 3 is 2.81 bits per heavy atom. The van der Waals surface area contributed by atoms with Crippen LogP contribution in [0.15, 0.2) is 54.6 Å². The number of halogens is 1. The molecule has 2 rings (SSSR count). The summed E-state index contributed by atoms with van der Waals surface area (Å²) in [4.78, 5) is 11.9. The van der Waals surface area contributed by atoms with E-state index in [1.807, 2.05) is 37.3 Å². The predicted molar refractivity (Wildman–Crippen MR) is 86.7 cm³/mol. The van der Waals surface area contributed by atoms with Crippen LogP contribution in [0.3, 0.4) is 0 Å². The van der Waals surface area contributed by atoms with Gasteiger partial charge in [0.1, 0.15) is 5.75 Å². The van der Waals surface area contributed by atoms with E-state index in [0.717, 1.165) is 5.56 Å². The summed E-state index contributed by atoms with van der Waals surface area (Å²) in [6.07, 6.45) is 3.18. The lowest BCUT2D eigenvalue weighted by atomic mass is 10.2. The molecule has 108 valence electrons. The summed E-state index contributed by atoms with van der Waals surface area (Å²) >= 11 is 5.89. The molecule has 3 nitrogen and oxygen atoms in total. The largest absolute Gasteiger partial charge is 0.492 e. The Balaban J connectivity index is 2.05. The predicted octanol–water partition coefficient (Wildman–Crippen LogP) is 4.39. The molecule has 0 saturated heterocycles. The van der Waals surface area contributed by atoms with Gasteiger partial charge in [-0.1, -0.05) is 35.9 Å². The highest BCUT2D eigenvalue weighted by molar-refractivity contribution is 6.30. The van der Waals surface area contributed by atoms with Crippen LogP contribution < -0.4 is 10.1 Å². The molecule has 0 unspecified atom stereocenters. The van der Waals surface area contributed by atoms with Gasteiger partial charge >= 0.3 is 0 Å². The average molecular weight is 302 g/mol. The summed E-state index contributed by atoms with van der Waals surface area (Å²) in [7, 11) is 0. The van der Waals surface area contributed by atoms with Crippen molar-refractivity contribution in [1.29, 1.82) is 0 Å². The van der Waals surface area contributed by atoms with Crippen molar-refractivity contribution in [2.24, 2.45) is 0 Å². The maximum atomic E-state index is 11.9.